The summed E-state index contributed by atoms with van der Waals surface area (Å²) in [7, 11) is 2.14. The minimum absolute atomic E-state index is 0.388. The van der Waals surface area contributed by atoms with Gasteiger partial charge < -0.3 is 10.2 Å². The Kier molecular flexibility index (Phi) is 3.48. The molecule has 0 radical (unpaired) electrons. The monoisotopic (exact) mass is 277 g/mol. The first-order chi connectivity index (χ1) is 9.24. The van der Waals surface area contributed by atoms with Crippen LogP contribution in [0.3, 0.4) is 0 Å². The zero-order chi connectivity index (χ0) is 13.2. The molecule has 2 aromatic heterocycles. The van der Waals surface area contributed by atoms with Crippen molar-refractivity contribution >= 4 is 28.3 Å². The number of rotatable bonds is 2. The first-order valence-electron chi connectivity index (χ1n) is 6.46. The molecule has 0 spiro atoms. The molecule has 0 saturated carbocycles. The van der Waals surface area contributed by atoms with E-state index in [0.717, 1.165) is 36.2 Å². The molecule has 0 aromatic carbocycles. The number of likely N-dealkylation sites (N-methyl/N-ethyl adjacent to an activating group) is 1. The van der Waals surface area contributed by atoms with Crippen LogP contribution in [0.1, 0.15) is 12.8 Å². The molecule has 1 saturated heterocycles. The number of nitrogens with one attached hydrogen (secondary N) is 1. The van der Waals surface area contributed by atoms with Crippen LogP contribution in [0.25, 0.3) is 10.9 Å². The lowest BCUT2D eigenvalue weighted by Gasteiger charge is -2.30. The van der Waals surface area contributed by atoms with E-state index in [1.54, 1.807) is 6.20 Å². The van der Waals surface area contributed by atoms with E-state index in [0.29, 0.717) is 11.2 Å². The standard InChI is InChI=1S/C13H16ClN5/c1-19-7-3-4-9(8-19)16-13-11-10(5-2-6-15-11)12(14)17-18-13/h2,5-6,9H,3-4,7-8H2,1H3,(H,16,18). The van der Waals surface area contributed by atoms with Gasteiger partial charge in [0.15, 0.2) is 11.0 Å². The zero-order valence-electron chi connectivity index (χ0n) is 10.8. The van der Waals surface area contributed by atoms with Crippen LogP contribution in [0.15, 0.2) is 18.3 Å². The van der Waals surface area contributed by atoms with Gasteiger partial charge in [0.2, 0.25) is 0 Å². The number of fused-ring (bicyclic) bond motifs is 1. The number of hydrogen-bond donors (Lipinski definition) is 1. The summed E-state index contributed by atoms with van der Waals surface area (Å²) in [5.41, 5.74) is 0.788. The molecule has 5 nitrogen and oxygen atoms in total. The van der Waals surface area contributed by atoms with Crippen molar-refractivity contribution < 1.29 is 0 Å². The molecule has 1 atom stereocenters. The lowest BCUT2D eigenvalue weighted by Crippen LogP contribution is -2.40. The van der Waals surface area contributed by atoms with Crippen molar-refractivity contribution in [3.63, 3.8) is 0 Å². The number of halogens is 1. The second-order valence-electron chi connectivity index (χ2n) is 4.98. The van der Waals surface area contributed by atoms with Crippen LogP contribution in [0.4, 0.5) is 5.82 Å². The predicted octanol–water partition coefficient (Wildman–Crippen LogP) is 2.18. The van der Waals surface area contributed by atoms with Gasteiger partial charge in [-0.1, -0.05) is 11.6 Å². The summed E-state index contributed by atoms with van der Waals surface area (Å²) in [4.78, 5) is 6.68. The number of aromatic nitrogens is 3. The number of anilines is 1. The molecule has 0 amide bonds. The molecule has 0 bridgehead atoms. The van der Waals surface area contributed by atoms with Gasteiger partial charge in [-0.2, -0.15) is 0 Å². The molecule has 1 aliphatic heterocycles. The second kappa shape index (κ2) is 5.27. The highest BCUT2D eigenvalue weighted by molar-refractivity contribution is 6.34. The average molecular weight is 278 g/mol. The quantitative estimate of drug-likeness (QED) is 0.912. The highest BCUT2D eigenvalue weighted by Crippen LogP contribution is 2.25. The van der Waals surface area contributed by atoms with E-state index in [1.165, 1.54) is 6.42 Å². The van der Waals surface area contributed by atoms with Crippen molar-refractivity contribution in [2.75, 3.05) is 25.5 Å². The lowest BCUT2D eigenvalue weighted by molar-refractivity contribution is 0.261. The summed E-state index contributed by atoms with van der Waals surface area (Å²) in [6.07, 6.45) is 4.09. The Bertz CT molecular complexity index is 588. The molecule has 6 heteroatoms. The Labute approximate surface area is 117 Å². The van der Waals surface area contributed by atoms with Crippen molar-refractivity contribution in [2.45, 2.75) is 18.9 Å². The van der Waals surface area contributed by atoms with E-state index in [4.69, 9.17) is 11.6 Å². The maximum Gasteiger partial charge on any atom is 0.175 e. The molecule has 1 aliphatic rings. The number of pyridine rings is 1. The normalized spacial score (nSPS) is 20.6. The van der Waals surface area contributed by atoms with E-state index < -0.39 is 0 Å². The number of hydrogen-bond acceptors (Lipinski definition) is 5. The molecule has 0 aliphatic carbocycles. The highest BCUT2D eigenvalue weighted by Gasteiger charge is 2.19. The fourth-order valence-electron chi connectivity index (χ4n) is 2.53. The lowest BCUT2D eigenvalue weighted by atomic mass is 10.1. The van der Waals surface area contributed by atoms with Crippen LogP contribution < -0.4 is 5.32 Å². The van der Waals surface area contributed by atoms with Crippen LogP contribution in [0, 0.1) is 0 Å². The smallest absolute Gasteiger partial charge is 0.175 e. The van der Waals surface area contributed by atoms with Gasteiger partial charge in [-0.25, -0.2) is 0 Å². The van der Waals surface area contributed by atoms with E-state index in [2.05, 4.69) is 32.4 Å². The number of piperidine rings is 1. The topological polar surface area (TPSA) is 53.9 Å². The third-order valence-corrected chi connectivity index (χ3v) is 3.74. The summed E-state index contributed by atoms with van der Waals surface area (Å²) in [5, 5.41) is 12.8. The van der Waals surface area contributed by atoms with Crippen molar-refractivity contribution in [2.24, 2.45) is 0 Å². The molecule has 1 N–H and O–H groups in total. The van der Waals surface area contributed by atoms with Crippen molar-refractivity contribution in [3.8, 4) is 0 Å². The molecule has 1 fully saturated rings. The Balaban J connectivity index is 1.90. The van der Waals surface area contributed by atoms with Gasteiger partial charge in [-0.15, -0.1) is 10.2 Å². The van der Waals surface area contributed by atoms with E-state index >= 15 is 0 Å². The van der Waals surface area contributed by atoms with Gasteiger partial charge in [-0.05, 0) is 38.6 Å². The Morgan fingerprint density at radius 3 is 3.16 bits per heavy atom. The van der Waals surface area contributed by atoms with Gasteiger partial charge >= 0.3 is 0 Å². The van der Waals surface area contributed by atoms with E-state index in [-0.39, 0.29) is 0 Å². The van der Waals surface area contributed by atoms with Gasteiger partial charge in [0.25, 0.3) is 0 Å². The van der Waals surface area contributed by atoms with Crippen LogP contribution in [0.5, 0.6) is 0 Å². The number of nitrogens with zero attached hydrogens (tertiary/aromatic N) is 4. The first-order valence-corrected chi connectivity index (χ1v) is 6.84. The van der Waals surface area contributed by atoms with E-state index in [9.17, 15) is 0 Å². The Hall–Kier alpha value is -1.46. The summed E-state index contributed by atoms with van der Waals surface area (Å²) >= 11 is 6.05. The molecule has 3 heterocycles. The van der Waals surface area contributed by atoms with Gasteiger partial charge in [0.1, 0.15) is 5.52 Å². The average Bonchev–Trinajstić information content (AvgIpc) is 2.42. The van der Waals surface area contributed by atoms with Crippen molar-refractivity contribution in [1.82, 2.24) is 20.1 Å². The SMILES string of the molecule is CN1CCCC(Nc2nnc(Cl)c3cccnc23)C1. The molecule has 1 unspecified atom stereocenters. The fraction of sp³-hybridized carbons (Fsp3) is 0.462. The second-order valence-corrected chi connectivity index (χ2v) is 5.34. The molecule has 100 valence electrons. The Morgan fingerprint density at radius 2 is 2.32 bits per heavy atom. The third-order valence-electron chi connectivity index (χ3n) is 3.46. The van der Waals surface area contributed by atoms with Crippen LogP contribution >= 0.6 is 11.6 Å². The maximum atomic E-state index is 6.05. The Morgan fingerprint density at radius 1 is 1.42 bits per heavy atom. The maximum absolute atomic E-state index is 6.05. The zero-order valence-corrected chi connectivity index (χ0v) is 11.6. The molecule has 19 heavy (non-hydrogen) atoms. The van der Waals surface area contributed by atoms with Crippen LogP contribution in [-0.2, 0) is 0 Å². The summed E-state index contributed by atoms with van der Waals surface area (Å²) < 4.78 is 0. The number of likely N-dealkylation sites (tertiary alicyclic amines) is 1. The summed E-state index contributed by atoms with van der Waals surface area (Å²) in [5.74, 6) is 0.723. The predicted molar refractivity (Wildman–Crippen MR) is 76.5 cm³/mol. The van der Waals surface area contributed by atoms with Gasteiger partial charge in [0, 0.05) is 24.2 Å². The highest BCUT2D eigenvalue weighted by atomic mass is 35.5. The minimum Gasteiger partial charge on any atom is -0.363 e. The first kappa shape index (κ1) is 12.6. The molecular formula is C13H16ClN5. The van der Waals surface area contributed by atoms with Crippen molar-refractivity contribution in [1.29, 1.82) is 0 Å². The molecule has 2 aromatic rings. The van der Waals surface area contributed by atoms with Crippen LogP contribution in [0.2, 0.25) is 5.15 Å². The van der Waals surface area contributed by atoms with E-state index in [1.807, 2.05) is 12.1 Å². The summed E-state index contributed by atoms with van der Waals surface area (Å²) in [6, 6.07) is 4.16. The molecule has 3 rings (SSSR count). The van der Waals surface area contributed by atoms with Crippen molar-refractivity contribution in [3.05, 3.63) is 23.5 Å². The largest absolute Gasteiger partial charge is 0.363 e. The fourth-order valence-corrected chi connectivity index (χ4v) is 2.72. The van der Waals surface area contributed by atoms with Crippen LogP contribution in [-0.4, -0.2) is 46.3 Å². The molecular weight excluding hydrogens is 262 g/mol. The summed E-state index contributed by atoms with van der Waals surface area (Å²) in [6.45, 7) is 2.17. The van der Waals surface area contributed by atoms with Gasteiger partial charge in [-0.3, -0.25) is 4.98 Å². The van der Waals surface area contributed by atoms with Gasteiger partial charge in [0.05, 0.1) is 0 Å². The third kappa shape index (κ3) is 2.62. The minimum atomic E-state index is 0.388.